The number of carboxylic acid groups (broad SMARTS) is 1. The minimum absolute atomic E-state index is 0.361. The molecule has 1 heterocycles. The Hall–Kier alpha value is -3.16. The van der Waals surface area contributed by atoms with Crippen LogP contribution < -0.4 is 4.74 Å². The molecule has 0 spiro atoms. The lowest BCUT2D eigenvalue weighted by atomic mass is 10.1. The highest BCUT2D eigenvalue weighted by Crippen LogP contribution is 2.34. The molecular formula is C27H25NO4S2. The first-order valence-electron chi connectivity index (χ1n) is 10.8. The molecule has 0 fully saturated rings. The average Bonchev–Trinajstić information content (AvgIpc) is 3.31. The molecule has 34 heavy (non-hydrogen) atoms. The number of benzene rings is 3. The van der Waals surface area contributed by atoms with Crippen LogP contribution in [0.5, 0.6) is 5.75 Å². The van der Waals surface area contributed by atoms with Crippen LogP contribution >= 0.6 is 23.5 Å². The molecule has 0 radical (unpaired) electrons. The van der Waals surface area contributed by atoms with Gasteiger partial charge in [-0.1, -0.05) is 36.4 Å². The Morgan fingerprint density at radius 2 is 1.56 bits per heavy atom. The standard InChI is InChI=1S/C27H25NO4S2/c1-33-22-11-7-19(8-12-22)26-27(20-9-13-23(34-2)14-10-20)32-24(28-26)15-6-18-4-3-5-21(16-18)31-17-25(29)30/h3-5,7-14,16H,6,15,17H2,1-2H3,(H,29,30). The van der Waals surface area contributed by atoms with Crippen molar-refractivity contribution in [1.29, 1.82) is 0 Å². The second kappa shape index (κ2) is 11.3. The number of rotatable bonds is 10. The van der Waals surface area contributed by atoms with Crippen LogP contribution in [0.3, 0.4) is 0 Å². The van der Waals surface area contributed by atoms with Crippen molar-refractivity contribution in [3.8, 4) is 28.3 Å². The van der Waals surface area contributed by atoms with E-state index in [0.29, 0.717) is 24.5 Å². The Morgan fingerprint density at radius 3 is 2.18 bits per heavy atom. The van der Waals surface area contributed by atoms with E-state index in [4.69, 9.17) is 19.2 Å². The van der Waals surface area contributed by atoms with E-state index >= 15 is 0 Å². The van der Waals surface area contributed by atoms with Crippen molar-refractivity contribution in [2.75, 3.05) is 19.1 Å². The first-order valence-corrected chi connectivity index (χ1v) is 13.2. The second-order valence-electron chi connectivity index (χ2n) is 7.57. The van der Waals surface area contributed by atoms with E-state index in [2.05, 4.69) is 61.0 Å². The van der Waals surface area contributed by atoms with Gasteiger partial charge in [-0.15, -0.1) is 23.5 Å². The molecule has 0 aliphatic carbocycles. The van der Waals surface area contributed by atoms with Crippen molar-refractivity contribution in [3.05, 3.63) is 84.3 Å². The van der Waals surface area contributed by atoms with Crippen LogP contribution in [0.25, 0.3) is 22.6 Å². The summed E-state index contributed by atoms with van der Waals surface area (Å²) in [6.45, 7) is -0.361. The molecule has 0 saturated heterocycles. The number of ether oxygens (including phenoxy) is 1. The topological polar surface area (TPSA) is 72.6 Å². The quantitative estimate of drug-likeness (QED) is 0.247. The minimum Gasteiger partial charge on any atom is -0.482 e. The van der Waals surface area contributed by atoms with Gasteiger partial charge in [0, 0.05) is 27.3 Å². The van der Waals surface area contributed by atoms with Gasteiger partial charge in [-0.2, -0.15) is 0 Å². The van der Waals surface area contributed by atoms with Crippen LogP contribution in [0.1, 0.15) is 11.5 Å². The maximum absolute atomic E-state index is 10.8. The lowest BCUT2D eigenvalue weighted by Crippen LogP contribution is -2.09. The first-order chi connectivity index (χ1) is 16.6. The van der Waals surface area contributed by atoms with Crippen LogP contribution in [-0.2, 0) is 17.6 Å². The van der Waals surface area contributed by atoms with Crippen molar-refractivity contribution in [3.63, 3.8) is 0 Å². The van der Waals surface area contributed by atoms with E-state index in [0.717, 1.165) is 28.1 Å². The van der Waals surface area contributed by atoms with Gasteiger partial charge in [0.05, 0.1) is 0 Å². The second-order valence-corrected chi connectivity index (χ2v) is 9.33. The third-order valence-electron chi connectivity index (χ3n) is 5.28. The number of nitrogens with zero attached hydrogens (tertiary/aromatic N) is 1. The average molecular weight is 492 g/mol. The summed E-state index contributed by atoms with van der Waals surface area (Å²) < 4.78 is 11.6. The number of aromatic nitrogens is 1. The molecule has 0 bridgehead atoms. The predicted octanol–water partition coefficient (Wildman–Crippen LogP) is 6.70. The Morgan fingerprint density at radius 1 is 0.912 bits per heavy atom. The lowest BCUT2D eigenvalue weighted by Gasteiger charge is -2.05. The zero-order valence-corrected chi connectivity index (χ0v) is 20.6. The molecule has 4 rings (SSSR count). The highest BCUT2D eigenvalue weighted by atomic mass is 32.2. The maximum atomic E-state index is 10.8. The highest BCUT2D eigenvalue weighted by molar-refractivity contribution is 7.98. The van der Waals surface area contributed by atoms with E-state index in [1.54, 1.807) is 29.6 Å². The molecule has 0 atom stereocenters. The number of carbonyl (C=O) groups is 1. The maximum Gasteiger partial charge on any atom is 0.341 e. The van der Waals surface area contributed by atoms with Gasteiger partial charge in [-0.25, -0.2) is 9.78 Å². The molecule has 0 unspecified atom stereocenters. The van der Waals surface area contributed by atoms with E-state index < -0.39 is 5.97 Å². The number of hydrogen-bond donors (Lipinski definition) is 1. The van der Waals surface area contributed by atoms with E-state index in [9.17, 15) is 4.79 Å². The molecule has 4 aromatic rings. The molecule has 174 valence electrons. The van der Waals surface area contributed by atoms with Gasteiger partial charge >= 0.3 is 5.97 Å². The summed E-state index contributed by atoms with van der Waals surface area (Å²) in [5.74, 6) is 0.959. The van der Waals surface area contributed by atoms with Crippen LogP contribution in [0.4, 0.5) is 0 Å². The highest BCUT2D eigenvalue weighted by Gasteiger charge is 2.17. The molecule has 0 saturated carbocycles. The van der Waals surface area contributed by atoms with E-state index in [1.165, 1.54) is 9.79 Å². The fraction of sp³-hybridized carbons (Fsp3) is 0.185. The summed E-state index contributed by atoms with van der Waals surface area (Å²) in [4.78, 5) is 18.0. The summed E-state index contributed by atoms with van der Waals surface area (Å²) in [6.07, 6.45) is 5.42. The zero-order chi connectivity index (χ0) is 23.9. The molecule has 0 amide bonds. The van der Waals surface area contributed by atoms with Gasteiger partial charge < -0.3 is 14.3 Å². The number of aliphatic carboxylic acids is 1. The lowest BCUT2D eigenvalue weighted by molar-refractivity contribution is -0.139. The largest absolute Gasteiger partial charge is 0.482 e. The van der Waals surface area contributed by atoms with Gasteiger partial charge in [0.2, 0.25) is 0 Å². The van der Waals surface area contributed by atoms with Crippen LogP contribution in [0, 0.1) is 0 Å². The summed E-state index contributed by atoms with van der Waals surface area (Å²) in [6, 6.07) is 24.1. The molecule has 7 heteroatoms. The van der Waals surface area contributed by atoms with Crippen LogP contribution in [-0.4, -0.2) is 35.2 Å². The Labute approximate surface area is 207 Å². The Bertz CT molecular complexity index is 1190. The molecular weight excluding hydrogens is 466 g/mol. The van der Waals surface area contributed by atoms with Gasteiger partial charge in [-0.3, -0.25) is 0 Å². The minimum atomic E-state index is -0.999. The molecule has 5 nitrogen and oxygen atoms in total. The van der Waals surface area contributed by atoms with E-state index in [-0.39, 0.29) is 6.61 Å². The molecule has 0 aliphatic heterocycles. The monoisotopic (exact) mass is 491 g/mol. The predicted molar refractivity (Wildman–Crippen MR) is 138 cm³/mol. The number of aryl methyl sites for hydroxylation is 2. The summed E-state index contributed by atoms with van der Waals surface area (Å²) in [7, 11) is 0. The first kappa shape index (κ1) is 24.0. The molecule has 1 N–H and O–H groups in total. The third-order valence-corrected chi connectivity index (χ3v) is 6.76. The van der Waals surface area contributed by atoms with Crippen LogP contribution in [0.15, 0.2) is 87.0 Å². The number of thioether (sulfide) groups is 2. The van der Waals surface area contributed by atoms with Gasteiger partial charge in [-0.05, 0) is 60.9 Å². The summed E-state index contributed by atoms with van der Waals surface area (Å²) in [5.41, 5.74) is 3.86. The Balaban J connectivity index is 1.59. The van der Waals surface area contributed by atoms with Crippen molar-refractivity contribution < 1.29 is 19.1 Å². The van der Waals surface area contributed by atoms with Crippen LogP contribution in [0.2, 0.25) is 0 Å². The fourth-order valence-electron chi connectivity index (χ4n) is 3.54. The van der Waals surface area contributed by atoms with Crippen molar-refractivity contribution in [2.45, 2.75) is 22.6 Å². The SMILES string of the molecule is CSc1ccc(-c2nc(CCc3cccc(OCC(=O)O)c3)oc2-c2ccc(SC)cc2)cc1. The van der Waals surface area contributed by atoms with Gasteiger partial charge in [0.15, 0.2) is 18.3 Å². The van der Waals surface area contributed by atoms with Crippen molar-refractivity contribution >= 4 is 29.5 Å². The normalized spacial score (nSPS) is 10.9. The summed E-state index contributed by atoms with van der Waals surface area (Å²) >= 11 is 3.41. The van der Waals surface area contributed by atoms with E-state index in [1.807, 2.05) is 18.2 Å². The number of oxazole rings is 1. The number of hydrogen-bond acceptors (Lipinski definition) is 6. The molecule has 3 aromatic carbocycles. The van der Waals surface area contributed by atoms with Gasteiger partial charge in [0.25, 0.3) is 0 Å². The smallest absolute Gasteiger partial charge is 0.341 e. The summed E-state index contributed by atoms with van der Waals surface area (Å²) in [5, 5.41) is 8.82. The Kier molecular flexibility index (Phi) is 7.98. The molecule has 1 aromatic heterocycles. The fourth-order valence-corrected chi connectivity index (χ4v) is 4.36. The van der Waals surface area contributed by atoms with Crippen molar-refractivity contribution in [1.82, 2.24) is 4.98 Å². The third kappa shape index (κ3) is 6.04. The van der Waals surface area contributed by atoms with Gasteiger partial charge in [0.1, 0.15) is 11.4 Å². The van der Waals surface area contributed by atoms with Crippen molar-refractivity contribution in [2.24, 2.45) is 0 Å². The molecule has 0 aliphatic rings. The zero-order valence-electron chi connectivity index (χ0n) is 19.0. The number of carboxylic acids is 1.